The lowest BCUT2D eigenvalue weighted by atomic mass is 9.79. The van der Waals surface area contributed by atoms with E-state index >= 15 is 0 Å². The van der Waals surface area contributed by atoms with Gasteiger partial charge in [0.05, 0.1) is 4.99 Å². The molecule has 1 aliphatic heterocycles. The van der Waals surface area contributed by atoms with Gasteiger partial charge in [0.25, 0.3) is 0 Å². The van der Waals surface area contributed by atoms with Crippen LogP contribution in [0.25, 0.3) is 0 Å². The fourth-order valence-corrected chi connectivity index (χ4v) is 2.64. The van der Waals surface area contributed by atoms with Crippen molar-refractivity contribution in [3.63, 3.8) is 0 Å². The molecule has 0 aliphatic carbocycles. The van der Waals surface area contributed by atoms with Crippen molar-refractivity contribution in [3.05, 3.63) is 0 Å². The fraction of sp³-hybridized carbons (Fsp3) is 0.846. The molecule has 0 aromatic carbocycles. The number of carbonyl (C=O) groups is 1. The zero-order valence-electron chi connectivity index (χ0n) is 11.9. The largest absolute Gasteiger partial charge is 0.392 e. The van der Waals surface area contributed by atoms with Crippen LogP contribution in [0, 0.1) is 5.41 Å². The van der Waals surface area contributed by atoms with Crippen molar-refractivity contribution >= 4 is 23.1 Å². The molecule has 0 aromatic rings. The van der Waals surface area contributed by atoms with Gasteiger partial charge >= 0.3 is 0 Å². The van der Waals surface area contributed by atoms with Gasteiger partial charge in [-0.15, -0.1) is 0 Å². The Morgan fingerprint density at radius 3 is 2.42 bits per heavy atom. The Bertz CT molecular complexity index is 313. The summed E-state index contributed by atoms with van der Waals surface area (Å²) in [5, 5.41) is 2.97. The van der Waals surface area contributed by atoms with Crippen LogP contribution in [0.15, 0.2) is 0 Å². The molecular weight excluding hydrogens is 262 g/mol. The number of carbonyl (C=O) groups excluding carboxylic acids is 1. The van der Waals surface area contributed by atoms with Gasteiger partial charge in [0.1, 0.15) is 5.41 Å². The van der Waals surface area contributed by atoms with Crippen molar-refractivity contribution in [3.8, 4) is 0 Å². The predicted octanol–water partition coefficient (Wildman–Crippen LogP) is 0.527. The molecule has 0 aromatic heterocycles. The minimum atomic E-state index is -0.711. The van der Waals surface area contributed by atoms with E-state index in [2.05, 4.69) is 24.1 Å². The normalized spacial score (nSPS) is 18.3. The number of amides is 1. The molecule has 3 N–H and O–H groups in total. The van der Waals surface area contributed by atoms with Crippen LogP contribution in [0.4, 0.5) is 0 Å². The molecule has 1 fully saturated rings. The maximum absolute atomic E-state index is 12.4. The third-order valence-electron chi connectivity index (χ3n) is 3.86. The van der Waals surface area contributed by atoms with Crippen molar-refractivity contribution in [2.45, 2.75) is 26.7 Å². The Labute approximate surface area is 120 Å². The van der Waals surface area contributed by atoms with E-state index in [0.29, 0.717) is 32.6 Å². The zero-order valence-corrected chi connectivity index (χ0v) is 12.7. The molecule has 0 spiro atoms. The number of hydrogen-bond donors (Lipinski definition) is 2. The quantitative estimate of drug-likeness (QED) is 0.669. The first-order valence-corrected chi connectivity index (χ1v) is 7.36. The standard InChI is InChI=1S/C13H25N3O2S/c1-3-16(4-2)8-7-15-12(17)13(11(14)19)5-9-18-10-6-13/h3-10H2,1-2H3,(H2,14,19)(H,15,17). The lowest BCUT2D eigenvalue weighted by molar-refractivity contribution is -0.131. The van der Waals surface area contributed by atoms with Crippen molar-refractivity contribution in [2.24, 2.45) is 11.1 Å². The van der Waals surface area contributed by atoms with Crippen molar-refractivity contribution in [1.82, 2.24) is 10.2 Å². The van der Waals surface area contributed by atoms with Gasteiger partial charge in [0.15, 0.2) is 0 Å². The van der Waals surface area contributed by atoms with Crippen LogP contribution < -0.4 is 11.1 Å². The summed E-state index contributed by atoms with van der Waals surface area (Å²) >= 11 is 5.10. The molecule has 0 bridgehead atoms. The van der Waals surface area contributed by atoms with Gasteiger partial charge in [0.2, 0.25) is 5.91 Å². The Balaban J connectivity index is 2.51. The van der Waals surface area contributed by atoms with Crippen LogP contribution in [0.5, 0.6) is 0 Å². The van der Waals surface area contributed by atoms with E-state index in [0.717, 1.165) is 19.6 Å². The first kappa shape index (κ1) is 16.3. The Hall–Kier alpha value is -0.720. The molecule has 0 atom stereocenters. The highest BCUT2D eigenvalue weighted by molar-refractivity contribution is 7.80. The van der Waals surface area contributed by atoms with Crippen LogP contribution in [0.1, 0.15) is 26.7 Å². The van der Waals surface area contributed by atoms with Gasteiger partial charge < -0.3 is 20.7 Å². The summed E-state index contributed by atoms with van der Waals surface area (Å²) in [7, 11) is 0. The number of rotatable bonds is 7. The molecule has 1 heterocycles. The number of nitrogens with two attached hydrogens (primary N) is 1. The molecule has 5 nitrogen and oxygen atoms in total. The smallest absolute Gasteiger partial charge is 0.233 e. The van der Waals surface area contributed by atoms with E-state index in [4.69, 9.17) is 22.7 Å². The summed E-state index contributed by atoms with van der Waals surface area (Å²) in [5.41, 5.74) is 5.08. The van der Waals surface area contributed by atoms with E-state index < -0.39 is 5.41 Å². The number of nitrogens with zero attached hydrogens (tertiary/aromatic N) is 1. The van der Waals surface area contributed by atoms with Gasteiger partial charge in [0, 0.05) is 26.3 Å². The van der Waals surface area contributed by atoms with Crippen LogP contribution in [0.3, 0.4) is 0 Å². The average molecular weight is 287 g/mol. The predicted molar refractivity (Wildman–Crippen MR) is 80.1 cm³/mol. The minimum Gasteiger partial charge on any atom is -0.392 e. The number of likely N-dealkylation sites (N-methyl/N-ethyl adjacent to an activating group) is 1. The third-order valence-corrected chi connectivity index (χ3v) is 4.25. The third kappa shape index (κ3) is 4.12. The fourth-order valence-electron chi connectivity index (χ4n) is 2.34. The van der Waals surface area contributed by atoms with Gasteiger partial charge in [-0.25, -0.2) is 0 Å². The molecule has 1 saturated heterocycles. The Morgan fingerprint density at radius 1 is 1.37 bits per heavy atom. The van der Waals surface area contributed by atoms with Crippen LogP contribution in [-0.2, 0) is 9.53 Å². The first-order chi connectivity index (χ1) is 9.06. The van der Waals surface area contributed by atoms with E-state index in [1.807, 2.05) is 0 Å². The molecule has 110 valence electrons. The molecule has 1 aliphatic rings. The SMILES string of the molecule is CCN(CC)CCNC(=O)C1(C(N)=S)CCOCC1. The molecule has 19 heavy (non-hydrogen) atoms. The molecule has 1 rings (SSSR count). The molecule has 0 saturated carbocycles. The molecule has 1 amide bonds. The summed E-state index contributed by atoms with van der Waals surface area (Å²) < 4.78 is 5.30. The van der Waals surface area contributed by atoms with Crippen LogP contribution in [0.2, 0.25) is 0 Å². The number of thiocarbonyl (C=S) groups is 1. The second-order valence-corrected chi connectivity index (χ2v) is 5.28. The minimum absolute atomic E-state index is 0.0459. The highest BCUT2D eigenvalue weighted by atomic mass is 32.1. The van der Waals surface area contributed by atoms with Crippen molar-refractivity contribution < 1.29 is 9.53 Å². The van der Waals surface area contributed by atoms with Crippen molar-refractivity contribution in [1.29, 1.82) is 0 Å². The van der Waals surface area contributed by atoms with Gasteiger partial charge in [-0.1, -0.05) is 26.1 Å². The number of hydrogen-bond acceptors (Lipinski definition) is 4. The Morgan fingerprint density at radius 2 is 1.95 bits per heavy atom. The molecule has 0 unspecified atom stereocenters. The van der Waals surface area contributed by atoms with E-state index in [-0.39, 0.29) is 10.9 Å². The molecule has 0 radical (unpaired) electrons. The summed E-state index contributed by atoms with van der Waals surface area (Å²) in [6.07, 6.45) is 1.17. The lowest BCUT2D eigenvalue weighted by Crippen LogP contribution is -2.52. The first-order valence-electron chi connectivity index (χ1n) is 6.95. The maximum atomic E-state index is 12.4. The average Bonchev–Trinajstić information content (AvgIpc) is 2.44. The van der Waals surface area contributed by atoms with E-state index in [1.54, 1.807) is 0 Å². The zero-order chi connectivity index (χ0) is 14.3. The topological polar surface area (TPSA) is 67.6 Å². The van der Waals surface area contributed by atoms with E-state index in [1.165, 1.54) is 0 Å². The lowest BCUT2D eigenvalue weighted by Gasteiger charge is -2.34. The summed E-state index contributed by atoms with van der Waals surface area (Å²) in [6.45, 7) is 8.76. The number of ether oxygens (including phenoxy) is 1. The highest BCUT2D eigenvalue weighted by Gasteiger charge is 2.42. The molecule has 6 heteroatoms. The molecular formula is C13H25N3O2S. The van der Waals surface area contributed by atoms with E-state index in [9.17, 15) is 4.79 Å². The monoisotopic (exact) mass is 287 g/mol. The van der Waals surface area contributed by atoms with Crippen LogP contribution >= 0.6 is 12.2 Å². The summed E-state index contributed by atoms with van der Waals surface area (Å²) in [5.74, 6) is -0.0459. The van der Waals surface area contributed by atoms with Gasteiger partial charge in [-0.2, -0.15) is 0 Å². The number of nitrogens with one attached hydrogen (secondary N) is 1. The van der Waals surface area contributed by atoms with Crippen molar-refractivity contribution in [2.75, 3.05) is 39.4 Å². The second kappa shape index (κ2) is 7.77. The Kier molecular flexibility index (Phi) is 6.68. The highest BCUT2D eigenvalue weighted by Crippen LogP contribution is 2.31. The maximum Gasteiger partial charge on any atom is 0.233 e. The second-order valence-electron chi connectivity index (χ2n) is 4.84. The van der Waals surface area contributed by atoms with Crippen LogP contribution in [-0.4, -0.2) is 55.2 Å². The summed E-state index contributed by atoms with van der Waals surface area (Å²) in [4.78, 5) is 14.9. The van der Waals surface area contributed by atoms with Gasteiger partial charge in [-0.05, 0) is 25.9 Å². The summed E-state index contributed by atoms with van der Waals surface area (Å²) in [6, 6.07) is 0. The van der Waals surface area contributed by atoms with Gasteiger partial charge in [-0.3, -0.25) is 4.79 Å².